The molecule has 0 fully saturated rings. The van der Waals surface area contributed by atoms with Crippen LogP contribution < -0.4 is 11.2 Å². The number of esters is 1. The van der Waals surface area contributed by atoms with Gasteiger partial charge in [0.2, 0.25) is 0 Å². The molecule has 1 rings (SSSR count). The molecule has 1 heterocycles. The van der Waals surface area contributed by atoms with E-state index in [2.05, 4.69) is 5.43 Å². The summed E-state index contributed by atoms with van der Waals surface area (Å²) in [6, 6.07) is -0.911. The molecule has 8 nitrogen and oxygen atoms in total. The molecule has 0 unspecified atom stereocenters. The Bertz CT molecular complexity index is 446. The molecule has 8 heteroatoms. The Morgan fingerprint density at radius 2 is 2.05 bits per heavy atom. The summed E-state index contributed by atoms with van der Waals surface area (Å²) in [4.78, 5) is 34.3. The largest absolute Gasteiger partial charge is 0.463 e. The minimum Gasteiger partial charge on any atom is -0.463 e. The highest BCUT2D eigenvalue weighted by atomic mass is 16.5. The molecule has 0 saturated carbocycles. The maximum atomic E-state index is 11.8. The number of hydrogen-bond acceptors (Lipinski definition) is 6. The van der Waals surface area contributed by atoms with Crippen LogP contribution in [0.15, 0.2) is 11.3 Å². The second-order valence-electron chi connectivity index (χ2n) is 4.07. The number of ketones is 1. The van der Waals surface area contributed by atoms with Gasteiger partial charge in [-0.2, -0.15) is 0 Å². The van der Waals surface area contributed by atoms with Gasteiger partial charge < -0.3 is 15.6 Å². The van der Waals surface area contributed by atoms with Gasteiger partial charge in [0.05, 0.1) is 18.1 Å². The summed E-state index contributed by atoms with van der Waals surface area (Å²) in [6.07, 6.45) is -1.38. The second kappa shape index (κ2) is 5.70. The predicted octanol–water partition coefficient (Wildman–Crippen LogP) is -0.754. The van der Waals surface area contributed by atoms with Crippen LogP contribution in [0.2, 0.25) is 0 Å². The van der Waals surface area contributed by atoms with E-state index < -0.39 is 29.9 Å². The molecule has 2 amide bonds. The van der Waals surface area contributed by atoms with E-state index in [4.69, 9.17) is 10.5 Å². The van der Waals surface area contributed by atoms with Crippen molar-refractivity contribution in [3.8, 4) is 0 Å². The fraction of sp³-hybridized carbons (Fsp3) is 0.545. The average Bonchev–Trinajstić information content (AvgIpc) is 2.53. The zero-order chi connectivity index (χ0) is 14.7. The van der Waals surface area contributed by atoms with Crippen LogP contribution in [-0.2, 0) is 14.3 Å². The zero-order valence-corrected chi connectivity index (χ0v) is 11.0. The van der Waals surface area contributed by atoms with Crippen molar-refractivity contribution >= 4 is 17.8 Å². The van der Waals surface area contributed by atoms with Crippen LogP contribution in [0.3, 0.4) is 0 Å². The molecule has 1 aliphatic rings. The van der Waals surface area contributed by atoms with E-state index in [1.54, 1.807) is 6.92 Å². The minimum absolute atomic E-state index is 0.0237. The molecule has 19 heavy (non-hydrogen) atoms. The van der Waals surface area contributed by atoms with Crippen LogP contribution in [0.1, 0.15) is 20.8 Å². The monoisotopic (exact) mass is 271 g/mol. The maximum absolute atomic E-state index is 11.8. The lowest BCUT2D eigenvalue weighted by Crippen LogP contribution is -2.49. The van der Waals surface area contributed by atoms with E-state index >= 15 is 0 Å². The van der Waals surface area contributed by atoms with E-state index in [1.165, 1.54) is 13.8 Å². The smallest absolute Gasteiger partial charge is 0.336 e. The van der Waals surface area contributed by atoms with Crippen molar-refractivity contribution in [2.45, 2.75) is 27.0 Å². The molecule has 0 radical (unpaired) electrons. The topological polar surface area (TPSA) is 122 Å². The number of carbonyl (C=O) groups is 3. The summed E-state index contributed by atoms with van der Waals surface area (Å²) < 4.78 is 4.85. The van der Waals surface area contributed by atoms with Crippen molar-refractivity contribution in [2.75, 3.05) is 6.61 Å². The predicted molar refractivity (Wildman–Crippen MR) is 64.1 cm³/mol. The number of carbonyl (C=O) groups excluding carboxylic acids is 3. The fourth-order valence-electron chi connectivity index (χ4n) is 2.02. The van der Waals surface area contributed by atoms with Gasteiger partial charge in [0.25, 0.3) is 0 Å². The third-order valence-electron chi connectivity index (χ3n) is 2.79. The Morgan fingerprint density at radius 3 is 2.47 bits per heavy atom. The summed E-state index contributed by atoms with van der Waals surface area (Å²) in [5, 5.41) is 11.0. The van der Waals surface area contributed by atoms with Crippen molar-refractivity contribution in [3.63, 3.8) is 0 Å². The Hall–Kier alpha value is -2.09. The van der Waals surface area contributed by atoms with Crippen LogP contribution in [-0.4, -0.2) is 40.7 Å². The number of amides is 2. The summed E-state index contributed by atoms with van der Waals surface area (Å²) in [7, 11) is 0. The molecule has 4 N–H and O–H groups in total. The number of Topliss-reactive ketones (excluding diaryl/α,β-unsaturated/α-hetero) is 1. The van der Waals surface area contributed by atoms with E-state index in [-0.39, 0.29) is 17.9 Å². The number of ether oxygens (including phenoxy) is 1. The van der Waals surface area contributed by atoms with Gasteiger partial charge in [0, 0.05) is 5.70 Å². The maximum Gasteiger partial charge on any atom is 0.336 e. The Kier molecular flexibility index (Phi) is 4.49. The number of urea groups is 1. The molecule has 0 aromatic rings. The van der Waals surface area contributed by atoms with Gasteiger partial charge in [-0.1, -0.05) is 0 Å². The van der Waals surface area contributed by atoms with Gasteiger partial charge in [-0.15, -0.1) is 0 Å². The zero-order valence-electron chi connectivity index (χ0n) is 11.0. The van der Waals surface area contributed by atoms with E-state index in [9.17, 15) is 19.5 Å². The molecular weight excluding hydrogens is 254 g/mol. The molecule has 2 atom stereocenters. The molecule has 0 aliphatic carbocycles. The van der Waals surface area contributed by atoms with Crippen molar-refractivity contribution in [3.05, 3.63) is 11.3 Å². The highest BCUT2D eigenvalue weighted by Gasteiger charge is 2.45. The van der Waals surface area contributed by atoms with Gasteiger partial charge in [-0.05, 0) is 20.8 Å². The molecule has 0 aromatic carbocycles. The minimum atomic E-state index is -1.38. The molecule has 0 spiro atoms. The number of aliphatic hydroxyl groups excluding tert-OH is 1. The van der Waals surface area contributed by atoms with Crippen molar-refractivity contribution < 1.29 is 24.2 Å². The first-order valence-electron chi connectivity index (χ1n) is 5.73. The number of nitrogens with zero attached hydrogens (tertiary/aromatic N) is 1. The number of aliphatic hydroxyl groups is 1. The summed E-state index contributed by atoms with van der Waals surface area (Å²) >= 11 is 0. The molecular formula is C11H17N3O5. The number of nitrogens with two attached hydrogens (primary N) is 1. The molecule has 1 aliphatic heterocycles. The summed E-state index contributed by atoms with van der Waals surface area (Å²) in [6.45, 7) is 4.49. The number of hydrogen-bond donors (Lipinski definition) is 3. The van der Waals surface area contributed by atoms with Gasteiger partial charge in [0.15, 0.2) is 6.23 Å². The highest BCUT2D eigenvalue weighted by molar-refractivity contribution is 5.99. The lowest BCUT2D eigenvalue weighted by atomic mass is 9.96. The first kappa shape index (κ1) is 15.0. The molecule has 0 bridgehead atoms. The van der Waals surface area contributed by atoms with Gasteiger partial charge in [-0.25, -0.2) is 15.0 Å². The fourth-order valence-corrected chi connectivity index (χ4v) is 2.02. The standard InChI is InChI=1S/C11H17N3O5/c1-4-19-10(17)7-5(2)14(13-11(12)18)9(16)8(7)6(3)15/h8-9,16H,4H2,1-3H3,(H3,12,13,18)/t8-,9+/m1/s1. The average molecular weight is 271 g/mol. The normalized spacial score (nSPS) is 22.4. The van der Waals surface area contributed by atoms with Crippen LogP contribution >= 0.6 is 0 Å². The van der Waals surface area contributed by atoms with E-state index in [0.29, 0.717) is 0 Å². The van der Waals surface area contributed by atoms with E-state index in [0.717, 1.165) is 5.01 Å². The lowest BCUT2D eigenvalue weighted by molar-refractivity contribution is -0.141. The van der Waals surface area contributed by atoms with Crippen molar-refractivity contribution in [1.82, 2.24) is 10.4 Å². The number of allylic oxidation sites excluding steroid dienone is 1. The van der Waals surface area contributed by atoms with Crippen LogP contribution in [0.4, 0.5) is 4.79 Å². The third kappa shape index (κ3) is 2.84. The molecule has 0 saturated heterocycles. The van der Waals surface area contributed by atoms with Crippen LogP contribution in [0.5, 0.6) is 0 Å². The van der Waals surface area contributed by atoms with Crippen LogP contribution in [0, 0.1) is 5.92 Å². The van der Waals surface area contributed by atoms with E-state index in [1.807, 2.05) is 0 Å². The lowest BCUT2D eigenvalue weighted by Gasteiger charge is -2.25. The first-order chi connectivity index (χ1) is 8.81. The Morgan fingerprint density at radius 1 is 1.47 bits per heavy atom. The number of hydrazine groups is 1. The summed E-state index contributed by atoms with van der Waals surface area (Å²) in [5.41, 5.74) is 7.38. The first-order valence-corrected chi connectivity index (χ1v) is 5.73. The van der Waals surface area contributed by atoms with Crippen LogP contribution in [0.25, 0.3) is 0 Å². The second-order valence-corrected chi connectivity index (χ2v) is 4.07. The number of rotatable bonds is 4. The number of nitrogens with one attached hydrogen (secondary N) is 1. The Labute approximate surface area is 110 Å². The Balaban J connectivity index is 3.17. The molecule has 0 aromatic heterocycles. The SMILES string of the molecule is CCOC(=O)C1=C(C)N(NC(N)=O)[C@@H](O)[C@@H]1C(C)=O. The number of primary amides is 1. The summed E-state index contributed by atoms with van der Waals surface area (Å²) in [5.74, 6) is -2.19. The third-order valence-corrected chi connectivity index (χ3v) is 2.79. The van der Waals surface area contributed by atoms with Crippen molar-refractivity contribution in [1.29, 1.82) is 0 Å². The molecule has 106 valence electrons. The van der Waals surface area contributed by atoms with Crippen molar-refractivity contribution in [2.24, 2.45) is 11.7 Å². The van der Waals surface area contributed by atoms with Gasteiger partial charge in [-0.3, -0.25) is 9.80 Å². The van der Waals surface area contributed by atoms with Gasteiger partial charge in [0.1, 0.15) is 5.78 Å². The highest BCUT2D eigenvalue weighted by Crippen LogP contribution is 2.32. The van der Waals surface area contributed by atoms with Gasteiger partial charge >= 0.3 is 12.0 Å². The quantitative estimate of drug-likeness (QED) is 0.578.